The fraction of sp³-hybridized carbons (Fsp3) is 1.00. The maximum Gasteiger partial charge on any atom is 0.0701 e. The minimum atomic E-state index is -0.257. The minimum absolute atomic E-state index is 0.257. The Morgan fingerprint density at radius 1 is 1.00 bits per heavy atom. The molecule has 0 amide bonds. The highest BCUT2D eigenvalue weighted by Crippen LogP contribution is 2.59. The summed E-state index contributed by atoms with van der Waals surface area (Å²) >= 11 is 0. The lowest BCUT2D eigenvalue weighted by atomic mass is 9.49. The van der Waals surface area contributed by atoms with Crippen LogP contribution < -0.4 is 0 Å². The van der Waals surface area contributed by atoms with Gasteiger partial charge in [-0.05, 0) is 62.2 Å². The zero-order valence-electron chi connectivity index (χ0n) is 8.50. The van der Waals surface area contributed by atoms with Crippen LogP contribution in [0.3, 0.4) is 0 Å². The van der Waals surface area contributed by atoms with Crippen LogP contribution in [0.1, 0.15) is 45.4 Å². The molecule has 13 heavy (non-hydrogen) atoms. The average molecular weight is 180 g/mol. The van der Waals surface area contributed by atoms with Crippen LogP contribution in [-0.2, 0) is 0 Å². The van der Waals surface area contributed by atoms with Crippen molar-refractivity contribution in [3.05, 3.63) is 0 Å². The summed E-state index contributed by atoms with van der Waals surface area (Å²) in [7, 11) is 0. The molecule has 0 atom stereocenters. The third kappa shape index (κ3) is 0.971. The van der Waals surface area contributed by atoms with Crippen LogP contribution in [-0.4, -0.2) is 10.7 Å². The maximum atomic E-state index is 10.6. The molecule has 4 aliphatic rings. The first-order valence-corrected chi connectivity index (χ1v) is 5.94. The van der Waals surface area contributed by atoms with Crippen LogP contribution in [0, 0.1) is 23.7 Å². The lowest BCUT2D eigenvalue weighted by Gasteiger charge is -2.58. The SMILES string of the molecule is CCC1(O)[C@H]2C[C@H]3C[C@H](C2)C[C@H]1C3. The first-order chi connectivity index (χ1) is 6.22. The largest absolute Gasteiger partial charge is 0.389 e. The molecular weight excluding hydrogens is 160 g/mol. The summed E-state index contributed by atoms with van der Waals surface area (Å²) in [5.41, 5.74) is -0.257. The molecule has 0 unspecified atom stereocenters. The van der Waals surface area contributed by atoms with Gasteiger partial charge >= 0.3 is 0 Å². The summed E-state index contributed by atoms with van der Waals surface area (Å²) in [6.45, 7) is 2.17. The molecule has 4 rings (SSSR count). The molecule has 4 saturated carbocycles. The minimum Gasteiger partial charge on any atom is -0.389 e. The second kappa shape index (κ2) is 2.50. The first kappa shape index (κ1) is 8.28. The highest BCUT2D eigenvalue weighted by Gasteiger charge is 2.55. The Balaban J connectivity index is 1.93. The molecule has 0 radical (unpaired) electrons. The summed E-state index contributed by atoms with van der Waals surface area (Å²) in [6.07, 6.45) is 7.79. The van der Waals surface area contributed by atoms with Crippen molar-refractivity contribution >= 4 is 0 Å². The Morgan fingerprint density at radius 3 is 1.85 bits per heavy atom. The zero-order chi connectivity index (χ0) is 9.05. The van der Waals surface area contributed by atoms with Crippen molar-refractivity contribution in [3.8, 4) is 0 Å². The fourth-order valence-corrected chi connectivity index (χ4v) is 4.58. The van der Waals surface area contributed by atoms with Crippen molar-refractivity contribution in [1.82, 2.24) is 0 Å². The molecule has 0 aromatic rings. The van der Waals surface area contributed by atoms with Gasteiger partial charge in [0.1, 0.15) is 0 Å². The van der Waals surface area contributed by atoms with Crippen molar-refractivity contribution in [2.75, 3.05) is 0 Å². The fourth-order valence-electron chi connectivity index (χ4n) is 4.58. The smallest absolute Gasteiger partial charge is 0.0701 e. The van der Waals surface area contributed by atoms with Crippen molar-refractivity contribution < 1.29 is 5.11 Å². The van der Waals surface area contributed by atoms with Gasteiger partial charge in [-0.1, -0.05) is 6.92 Å². The molecule has 0 aromatic carbocycles. The lowest BCUT2D eigenvalue weighted by molar-refractivity contribution is -0.173. The Kier molecular flexibility index (Phi) is 1.59. The van der Waals surface area contributed by atoms with Crippen LogP contribution in [0.2, 0.25) is 0 Å². The van der Waals surface area contributed by atoms with Gasteiger partial charge in [0.25, 0.3) is 0 Å². The van der Waals surface area contributed by atoms with Gasteiger partial charge in [0, 0.05) is 0 Å². The van der Waals surface area contributed by atoms with Gasteiger partial charge in [-0.3, -0.25) is 0 Å². The van der Waals surface area contributed by atoms with Gasteiger partial charge in [-0.2, -0.15) is 0 Å². The van der Waals surface area contributed by atoms with E-state index in [-0.39, 0.29) is 5.60 Å². The summed E-state index contributed by atoms with van der Waals surface area (Å²) in [5, 5.41) is 10.6. The molecule has 4 bridgehead atoms. The highest BCUT2D eigenvalue weighted by molar-refractivity contribution is 5.06. The van der Waals surface area contributed by atoms with E-state index in [1.807, 2.05) is 0 Å². The van der Waals surface area contributed by atoms with E-state index in [9.17, 15) is 5.11 Å². The number of rotatable bonds is 1. The van der Waals surface area contributed by atoms with Gasteiger partial charge in [0.2, 0.25) is 0 Å². The van der Waals surface area contributed by atoms with Crippen LogP contribution >= 0.6 is 0 Å². The highest BCUT2D eigenvalue weighted by atomic mass is 16.3. The molecule has 0 saturated heterocycles. The molecule has 1 nitrogen and oxygen atoms in total. The molecule has 0 spiro atoms. The maximum absolute atomic E-state index is 10.6. The molecule has 4 fully saturated rings. The van der Waals surface area contributed by atoms with Gasteiger partial charge < -0.3 is 5.11 Å². The molecule has 1 heteroatoms. The topological polar surface area (TPSA) is 20.2 Å². The molecule has 0 aromatic heterocycles. The quantitative estimate of drug-likeness (QED) is 0.657. The van der Waals surface area contributed by atoms with Crippen LogP contribution in [0.4, 0.5) is 0 Å². The molecule has 74 valence electrons. The predicted molar refractivity (Wildman–Crippen MR) is 52.3 cm³/mol. The van der Waals surface area contributed by atoms with Crippen molar-refractivity contribution in [2.24, 2.45) is 23.7 Å². The average Bonchev–Trinajstić information content (AvgIpc) is 2.13. The van der Waals surface area contributed by atoms with Gasteiger partial charge in [0.15, 0.2) is 0 Å². The molecule has 4 aliphatic carbocycles. The first-order valence-electron chi connectivity index (χ1n) is 5.94. The van der Waals surface area contributed by atoms with Gasteiger partial charge in [-0.25, -0.2) is 0 Å². The Morgan fingerprint density at radius 2 is 1.46 bits per heavy atom. The third-order valence-corrected chi connectivity index (χ3v) is 5.12. The van der Waals surface area contributed by atoms with E-state index in [2.05, 4.69) is 6.92 Å². The zero-order valence-corrected chi connectivity index (χ0v) is 8.50. The molecular formula is C12H20O. The molecule has 0 heterocycles. The summed E-state index contributed by atoms with van der Waals surface area (Å²) in [6, 6.07) is 0. The number of hydrogen-bond donors (Lipinski definition) is 1. The van der Waals surface area contributed by atoms with Crippen LogP contribution in [0.5, 0.6) is 0 Å². The summed E-state index contributed by atoms with van der Waals surface area (Å²) in [4.78, 5) is 0. The third-order valence-electron chi connectivity index (χ3n) is 5.12. The normalized spacial score (nSPS) is 58.6. The van der Waals surface area contributed by atoms with E-state index >= 15 is 0 Å². The standard InChI is InChI=1S/C12H20O/c1-2-12(13)10-4-8-3-9(6-10)7-11(12)5-8/h8-11,13H,2-7H2,1H3/t8-,9-,10-,11+,12?. The number of aliphatic hydroxyl groups is 1. The van der Waals surface area contributed by atoms with Crippen molar-refractivity contribution in [1.29, 1.82) is 0 Å². The van der Waals surface area contributed by atoms with E-state index < -0.39 is 0 Å². The molecule has 1 N–H and O–H groups in total. The van der Waals surface area contributed by atoms with Gasteiger partial charge in [0.05, 0.1) is 5.60 Å². The Labute approximate surface area is 80.5 Å². The second-order valence-electron chi connectivity index (χ2n) is 5.65. The second-order valence-corrected chi connectivity index (χ2v) is 5.65. The summed E-state index contributed by atoms with van der Waals surface area (Å²) < 4.78 is 0. The summed E-state index contributed by atoms with van der Waals surface area (Å²) in [5.74, 6) is 3.28. The van der Waals surface area contributed by atoms with E-state index in [1.54, 1.807) is 0 Å². The monoisotopic (exact) mass is 180 g/mol. The Hall–Kier alpha value is -0.0400. The van der Waals surface area contributed by atoms with E-state index in [0.717, 1.165) is 18.3 Å². The van der Waals surface area contributed by atoms with E-state index in [1.165, 1.54) is 32.1 Å². The van der Waals surface area contributed by atoms with E-state index in [0.29, 0.717) is 11.8 Å². The van der Waals surface area contributed by atoms with Crippen LogP contribution in [0.25, 0.3) is 0 Å². The van der Waals surface area contributed by atoms with Crippen molar-refractivity contribution in [3.63, 3.8) is 0 Å². The predicted octanol–water partition coefficient (Wildman–Crippen LogP) is 2.58. The lowest BCUT2D eigenvalue weighted by Crippen LogP contribution is -2.57. The Bertz CT molecular complexity index is 193. The van der Waals surface area contributed by atoms with Gasteiger partial charge in [-0.15, -0.1) is 0 Å². The molecule has 0 aliphatic heterocycles. The van der Waals surface area contributed by atoms with Crippen LogP contribution in [0.15, 0.2) is 0 Å². The van der Waals surface area contributed by atoms with Crippen molar-refractivity contribution in [2.45, 2.75) is 51.0 Å². The number of hydrogen-bond acceptors (Lipinski definition) is 1. The van der Waals surface area contributed by atoms with E-state index in [4.69, 9.17) is 0 Å².